The fraction of sp³-hybridized carbons (Fsp3) is 0.600. The fourth-order valence-electron chi connectivity index (χ4n) is 1.27. The number of rotatable bonds is 4. The molecule has 0 amide bonds. The van der Waals surface area contributed by atoms with Crippen molar-refractivity contribution in [2.24, 2.45) is 0 Å². The molecule has 14 heavy (non-hydrogen) atoms. The smallest absolute Gasteiger partial charge is 0.341 e. The summed E-state index contributed by atoms with van der Waals surface area (Å²) in [4.78, 5) is 11.4. The van der Waals surface area contributed by atoms with E-state index >= 15 is 0 Å². The fourth-order valence-corrected chi connectivity index (χ4v) is 1.27. The van der Waals surface area contributed by atoms with Crippen LogP contribution in [0.25, 0.3) is 0 Å². The topological polar surface area (TPSA) is 44.1 Å². The van der Waals surface area contributed by atoms with Gasteiger partial charge in [0.25, 0.3) is 0 Å². The van der Waals surface area contributed by atoms with E-state index in [-0.39, 0.29) is 5.97 Å². The maximum absolute atomic E-state index is 11.4. The van der Waals surface area contributed by atoms with Crippen molar-refractivity contribution in [1.29, 1.82) is 0 Å². The SMILES string of the molecule is CCCn1cc(C(=O)OCC)c(C)n1. The van der Waals surface area contributed by atoms with Gasteiger partial charge in [0.1, 0.15) is 5.56 Å². The molecule has 0 aliphatic carbocycles. The van der Waals surface area contributed by atoms with Crippen LogP contribution in [0.4, 0.5) is 0 Å². The van der Waals surface area contributed by atoms with Crippen LogP contribution in [0.1, 0.15) is 36.3 Å². The number of esters is 1. The summed E-state index contributed by atoms with van der Waals surface area (Å²) < 4.78 is 6.69. The van der Waals surface area contributed by atoms with E-state index in [1.54, 1.807) is 17.8 Å². The Hall–Kier alpha value is -1.32. The first-order chi connectivity index (χ1) is 6.69. The maximum Gasteiger partial charge on any atom is 0.341 e. The van der Waals surface area contributed by atoms with E-state index in [4.69, 9.17) is 4.74 Å². The third-order valence-electron chi connectivity index (χ3n) is 1.89. The van der Waals surface area contributed by atoms with Crippen molar-refractivity contribution in [3.63, 3.8) is 0 Å². The number of aryl methyl sites for hydroxylation is 2. The summed E-state index contributed by atoms with van der Waals surface area (Å²) in [6, 6.07) is 0. The lowest BCUT2D eigenvalue weighted by Gasteiger charge is -1.98. The van der Waals surface area contributed by atoms with Gasteiger partial charge in [-0.2, -0.15) is 5.10 Å². The Balaban J connectivity index is 2.81. The molecule has 0 spiro atoms. The van der Waals surface area contributed by atoms with Crippen molar-refractivity contribution in [1.82, 2.24) is 9.78 Å². The molecule has 1 aromatic rings. The van der Waals surface area contributed by atoms with Crippen molar-refractivity contribution < 1.29 is 9.53 Å². The van der Waals surface area contributed by atoms with Crippen LogP contribution in [0.5, 0.6) is 0 Å². The minimum atomic E-state index is -0.285. The average molecular weight is 196 g/mol. The summed E-state index contributed by atoms with van der Waals surface area (Å²) in [5, 5.41) is 4.22. The largest absolute Gasteiger partial charge is 0.462 e. The zero-order valence-corrected chi connectivity index (χ0v) is 8.91. The van der Waals surface area contributed by atoms with Gasteiger partial charge in [0.15, 0.2) is 0 Å². The molecule has 0 fully saturated rings. The van der Waals surface area contributed by atoms with Gasteiger partial charge in [-0.25, -0.2) is 4.79 Å². The molecule has 0 N–H and O–H groups in total. The Kier molecular flexibility index (Phi) is 3.68. The van der Waals surface area contributed by atoms with E-state index in [0.717, 1.165) is 18.7 Å². The zero-order valence-electron chi connectivity index (χ0n) is 8.91. The lowest BCUT2D eigenvalue weighted by atomic mass is 10.3. The molecule has 1 heterocycles. The Morgan fingerprint density at radius 2 is 2.29 bits per heavy atom. The van der Waals surface area contributed by atoms with Crippen molar-refractivity contribution in [3.05, 3.63) is 17.5 Å². The molecular formula is C10H16N2O2. The van der Waals surface area contributed by atoms with Crippen LogP contribution in [-0.2, 0) is 11.3 Å². The first-order valence-electron chi connectivity index (χ1n) is 4.90. The molecule has 4 heteroatoms. The molecule has 1 rings (SSSR count). The van der Waals surface area contributed by atoms with Gasteiger partial charge in [0, 0.05) is 12.7 Å². The number of carbonyl (C=O) groups is 1. The van der Waals surface area contributed by atoms with E-state index in [2.05, 4.69) is 12.0 Å². The summed E-state index contributed by atoms with van der Waals surface area (Å²) >= 11 is 0. The number of hydrogen-bond donors (Lipinski definition) is 0. The van der Waals surface area contributed by atoms with Gasteiger partial charge in [-0.15, -0.1) is 0 Å². The number of hydrogen-bond acceptors (Lipinski definition) is 3. The Labute approximate surface area is 83.9 Å². The van der Waals surface area contributed by atoms with Gasteiger partial charge in [0.2, 0.25) is 0 Å². The Bertz CT molecular complexity index is 318. The standard InChI is InChI=1S/C10H16N2O2/c1-4-6-12-7-9(8(3)11-12)10(13)14-5-2/h7H,4-6H2,1-3H3. The molecular weight excluding hydrogens is 180 g/mol. The Morgan fingerprint density at radius 3 is 2.86 bits per heavy atom. The van der Waals surface area contributed by atoms with Crippen LogP contribution in [0.15, 0.2) is 6.20 Å². The average Bonchev–Trinajstić information content (AvgIpc) is 2.48. The van der Waals surface area contributed by atoms with E-state index in [9.17, 15) is 4.79 Å². The van der Waals surface area contributed by atoms with E-state index in [0.29, 0.717) is 12.2 Å². The van der Waals surface area contributed by atoms with Crippen LogP contribution >= 0.6 is 0 Å². The second kappa shape index (κ2) is 4.79. The van der Waals surface area contributed by atoms with E-state index < -0.39 is 0 Å². The quantitative estimate of drug-likeness (QED) is 0.689. The molecule has 1 aromatic heterocycles. The molecule has 0 unspecified atom stereocenters. The summed E-state index contributed by atoms with van der Waals surface area (Å²) in [5.74, 6) is -0.285. The first kappa shape index (κ1) is 10.8. The molecule has 78 valence electrons. The molecule has 0 saturated heterocycles. The van der Waals surface area contributed by atoms with Crippen molar-refractivity contribution in [2.45, 2.75) is 33.7 Å². The highest BCUT2D eigenvalue weighted by Crippen LogP contribution is 2.07. The monoisotopic (exact) mass is 196 g/mol. The van der Waals surface area contributed by atoms with Crippen molar-refractivity contribution >= 4 is 5.97 Å². The van der Waals surface area contributed by atoms with Crippen LogP contribution < -0.4 is 0 Å². The van der Waals surface area contributed by atoms with Gasteiger partial charge in [0.05, 0.1) is 12.3 Å². The van der Waals surface area contributed by atoms with Crippen molar-refractivity contribution in [3.8, 4) is 0 Å². The van der Waals surface area contributed by atoms with Crippen molar-refractivity contribution in [2.75, 3.05) is 6.61 Å². The van der Waals surface area contributed by atoms with Gasteiger partial charge >= 0.3 is 5.97 Å². The molecule has 0 aromatic carbocycles. The number of carbonyl (C=O) groups excluding carboxylic acids is 1. The molecule has 0 radical (unpaired) electrons. The lowest BCUT2D eigenvalue weighted by molar-refractivity contribution is 0.0525. The highest BCUT2D eigenvalue weighted by Gasteiger charge is 2.13. The molecule has 0 aliphatic heterocycles. The molecule has 0 atom stereocenters. The zero-order chi connectivity index (χ0) is 10.6. The summed E-state index contributed by atoms with van der Waals surface area (Å²) in [7, 11) is 0. The van der Waals surface area contributed by atoms with Crippen LogP contribution in [-0.4, -0.2) is 22.4 Å². The van der Waals surface area contributed by atoms with Gasteiger partial charge in [-0.1, -0.05) is 6.92 Å². The van der Waals surface area contributed by atoms with Crippen LogP contribution in [0.2, 0.25) is 0 Å². The summed E-state index contributed by atoms with van der Waals surface area (Å²) in [6.45, 7) is 6.92. The molecule has 4 nitrogen and oxygen atoms in total. The third-order valence-corrected chi connectivity index (χ3v) is 1.89. The van der Waals surface area contributed by atoms with E-state index in [1.165, 1.54) is 0 Å². The lowest BCUT2D eigenvalue weighted by Crippen LogP contribution is -2.04. The molecule has 0 saturated carbocycles. The second-order valence-electron chi connectivity index (χ2n) is 3.11. The number of nitrogens with zero attached hydrogens (tertiary/aromatic N) is 2. The van der Waals surface area contributed by atoms with Gasteiger partial charge < -0.3 is 4.74 Å². The molecule has 0 bridgehead atoms. The minimum Gasteiger partial charge on any atom is -0.462 e. The predicted molar refractivity (Wildman–Crippen MR) is 53.2 cm³/mol. The predicted octanol–water partition coefficient (Wildman–Crippen LogP) is 1.78. The maximum atomic E-state index is 11.4. The normalized spacial score (nSPS) is 10.2. The highest BCUT2D eigenvalue weighted by molar-refractivity contribution is 5.90. The second-order valence-corrected chi connectivity index (χ2v) is 3.11. The highest BCUT2D eigenvalue weighted by atomic mass is 16.5. The van der Waals surface area contributed by atoms with Gasteiger partial charge in [-0.3, -0.25) is 4.68 Å². The van der Waals surface area contributed by atoms with E-state index in [1.807, 2.05) is 6.92 Å². The third kappa shape index (κ3) is 2.34. The number of ether oxygens (including phenoxy) is 1. The summed E-state index contributed by atoms with van der Waals surface area (Å²) in [6.07, 6.45) is 2.75. The van der Waals surface area contributed by atoms with Crippen LogP contribution in [0.3, 0.4) is 0 Å². The minimum absolute atomic E-state index is 0.285. The molecule has 0 aliphatic rings. The van der Waals surface area contributed by atoms with Crippen LogP contribution in [0, 0.1) is 6.92 Å². The number of aromatic nitrogens is 2. The summed E-state index contributed by atoms with van der Waals surface area (Å²) in [5.41, 5.74) is 1.30. The first-order valence-corrected chi connectivity index (χ1v) is 4.90. The Morgan fingerprint density at radius 1 is 1.57 bits per heavy atom. The van der Waals surface area contributed by atoms with Gasteiger partial charge in [-0.05, 0) is 20.3 Å².